The monoisotopic (exact) mass is 934 g/mol. The van der Waals surface area contributed by atoms with Crippen LogP contribution < -0.4 is 0 Å². The molecule has 8 aromatic carbocycles. The summed E-state index contributed by atoms with van der Waals surface area (Å²) in [5.74, 6) is 0.788. The standard InChI is InChI=1S/C43H27N2O.C11H8N.Ir/c1-3-13-30(14-4-1)35-21-12-22-36(31-15-5-2-6-16-31)42(35)45-40-24-10-9-23-39(40)44-43(45)38-28-46-41-26-25-32(27-37(38)41)34-20-11-18-29-17-7-8-19-33(29)34;1-2-6-10(7-3-1)11-8-4-5-9-12-11;/h1-27H;1-6,8-9H;/q2*-1;. The third-order valence-electron chi connectivity index (χ3n) is 10.5. The Labute approximate surface area is 356 Å². The van der Waals surface area contributed by atoms with Crippen molar-refractivity contribution in [3.63, 3.8) is 0 Å². The number of imidazole rings is 1. The number of rotatable bonds is 6. The van der Waals surface area contributed by atoms with E-state index in [9.17, 15) is 0 Å². The number of furan rings is 1. The van der Waals surface area contributed by atoms with Crippen LogP contribution in [0, 0.1) is 12.3 Å². The van der Waals surface area contributed by atoms with Gasteiger partial charge in [0.05, 0.1) is 22.5 Å². The number of pyridine rings is 1. The molecular weight excluding hydrogens is 899 g/mol. The Kier molecular flexibility index (Phi) is 10.6. The molecule has 283 valence electrons. The number of benzene rings is 8. The van der Waals surface area contributed by atoms with Gasteiger partial charge in [0.25, 0.3) is 0 Å². The predicted molar refractivity (Wildman–Crippen MR) is 237 cm³/mol. The average molecular weight is 934 g/mol. The van der Waals surface area contributed by atoms with E-state index in [1.807, 2.05) is 54.6 Å². The number of hydrogen-bond acceptors (Lipinski definition) is 3. The molecule has 1 radical (unpaired) electrons. The maximum Gasteiger partial charge on any atom is 0.0774 e. The van der Waals surface area contributed by atoms with E-state index in [-0.39, 0.29) is 20.1 Å². The Morgan fingerprint density at radius 1 is 0.508 bits per heavy atom. The first-order chi connectivity index (χ1) is 28.8. The van der Waals surface area contributed by atoms with E-state index in [2.05, 4.69) is 174 Å². The van der Waals surface area contributed by atoms with Crippen LogP contribution in [-0.4, -0.2) is 14.5 Å². The smallest absolute Gasteiger partial charge is 0.0774 e. The molecule has 0 atom stereocenters. The van der Waals surface area contributed by atoms with Crippen molar-refractivity contribution in [1.82, 2.24) is 14.5 Å². The van der Waals surface area contributed by atoms with E-state index in [0.29, 0.717) is 0 Å². The fraction of sp³-hybridized carbons (Fsp3) is 0. The van der Waals surface area contributed by atoms with Crippen molar-refractivity contribution in [3.8, 4) is 61.7 Å². The molecule has 0 unspecified atom stereocenters. The summed E-state index contributed by atoms with van der Waals surface area (Å²) in [5, 5.41) is 3.40. The molecule has 0 saturated heterocycles. The third kappa shape index (κ3) is 7.30. The molecule has 11 rings (SSSR count). The minimum atomic E-state index is 0. The van der Waals surface area contributed by atoms with E-state index in [0.717, 1.165) is 78.2 Å². The van der Waals surface area contributed by atoms with Crippen LogP contribution >= 0.6 is 0 Å². The van der Waals surface area contributed by atoms with Crippen molar-refractivity contribution in [3.05, 3.63) is 225 Å². The molecule has 4 nitrogen and oxygen atoms in total. The van der Waals surface area contributed by atoms with Crippen LogP contribution in [0.5, 0.6) is 0 Å². The van der Waals surface area contributed by atoms with Crippen LogP contribution in [0.1, 0.15) is 0 Å². The van der Waals surface area contributed by atoms with Gasteiger partial charge in [-0.05, 0) is 56.9 Å². The van der Waals surface area contributed by atoms with Crippen molar-refractivity contribution in [2.75, 3.05) is 0 Å². The van der Waals surface area contributed by atoms with E-state index < -0.39 is 0 Å². The van der Waals surface area contributed by atoms with E-state index in [4.69, 9.17) is 9.40 Å². The maximum absolute atomic E-state index is 6.12. The molecule has 0 bridgehead atoms. The van der Waals surface area contributed by atoms with Gasteiger partial charge in [-0.1, -0.05) is 175 Å². The summed E-state index contributed by atoms with van der Waals surface area (Å²) in [5.41, 5.74) is 13.4. The fourth-order valence-electron chi connectivity index (χ4n) is 7.77. The Hall–Kier alpha value is -7.17. The number of aromatic nitrogens is 3. The zero-order valence-electron chi connectivity index (χ0n) is 31.8. The first kappa shape index (κ1) is 37.4. The summed E-state index contributed by atoms with van der Waals surface area (Å²) in [7, 11) is 0. The molecule has 0 aliphatic carbocycles. The van der Waals surface area contributed by atoms with Gasteiger partial charge in [-0.2, -0.15) is 0 Å². The zero-order chi connectivity index (χ0) is 38.7. The van der Waals surface area contributed by atoms with Crippen LogP contribution in [-0.2, 0) is 20.1 Å². The molecule has 3 heterocycles. The number of nitrogens with zero attached hydrogens (tertiary/aromatic N) is 3. The van der Waals surface area contributed by atoms with E-state index in [1.165, 1.54) is 16.3 Å². The summed E-state index contributed by atoms with van der Waals surface area (Å²) < 4.78 is 8.42. The zero-order valence-corrected chi connectivity index (χ0v) is 34.2. The number of fused-ring (bicyclic) bond motifs is 3. The predicted octanol–water partition coefficient (Wildman–Crippen LogP) is 13.9. The van der Waals surface area contributed by atoms with Gasteiger partial charge >= 0.3 is 0 Å². The van der Waals surface area contributed by atoms with Crippen LogP contribution in [0.2, 0.25) is 0 Å². The van der Waals surface area contributed by atoms with Gasteiger partial charge in [-0.25, -0.2) is 0 Å². The van der Waals surface area contributed by atoms with Gasteiger partial charge in [-0.15, -0.1) is 35.9 Å². The molecule has 59 heavy (non-hydrogen) atoms. The molecule has 11 aromatic rings. The third-order valence-corrected chi connectivity index (χ3v) is 10.5. The molecule has 0 spiro atoms. The maximum atomic E-state index is 6.12. The van der Waals surface area contributed by atoms with Crippen LogP contribution in [0.15, 0.2) is 217 Å². The molecule has 0 aliphatic heterocycles. The summed E-state index contributed by atoms with van der Waals surface area (Å²) in [6.07, 6.45) is 5.06. The molecule has 5 heteroatoms. The molecule has 0 N–H and O–H groups in total. The van der Waals surface area contributed by atoms with Gasteiger partial charge < -0.3 is 14.0 Å². The largest absolute Gasteiger partial charge is 0.557 e. The molecule has 0 saturated carbocycles. The Morgan fingerprint density at radius 2 is 1.17 bits per heavy atom. The van der Waals surface area contributed by atoms with E-state index >= 15 is 0 Å². The normalized spacial score (nSPS) is 10.9. The van der Waals surface area contributed by atoms with Gasteiger partial charge in [0, 0.05) is 49.3 Å². The van der Waals surface area contributed by atoms with Crippen molar-refractivity contribution in [1.29, 1.82) is 0 Å². The Morgan fingerprint density at radius 3 is 1.92 bits per heavy atom. The minimum absolute atomic E-state index is 0. The van der Waals surface area contributed by atoms with Crippen molar-refractivity contribution in [2.45, 2.75) is 0 Å². The van der Waals surface area contributed by atoms with Gasteiger partial charge in [-0.3, -0.25) is 4.98 Å². The molecule has 3 aromatic heterocycles. The van der Waals surface area contributed by atoms with Gasteiger partial charge in [0.1, 0.15) is 0 Å². The molecule has 0 fully saturated rings. The summed E-state index contributed by atoms with van der Waals surface area (Å²) in [6.45, 7) is 0. The van der Waals surface area contributed by atoms with Crippen molar-refractivity contribution >= 4 is 32.8 Å². The second-order valence-corrected chi connectivity index (χ2v) is 14.0. The second kappa shape index (κ2) is 16.7. The molecule has 0 aliphatic rings. The topological polar surface area (TPSA) is 43.9 Å². The molecular formula is C54H35IrN3O-2. The Balaban J connectivity index is 0.000000297. The van der Waals surface area contributed by atoms with E-state index in [1.54, 1.807) is 6.20 Å². The minimum Gasteiger partial charge on any atom is -0.557 e. The second-order valence-electron chi connectivity index (χ2n) is 14.0. The van der Waals surface area contributed by atoms with Crippen LogP contribution in [0.4, 0.5) is 0 Å². The summed E-state index contributed by atoms with van der Waals surface area (Å²) >= 11 is 0. The number of hydrogen-bond donors (Lipinski definition) is 0. The fourth-order valence-corrected chi connectivity index (χ4v) is 7.77. The first-order valence-electron chi connectivity index (χ1n) is 19.3. The first-order valence-corrected chi connectivity index (χ1v) is 19.3. The summed E-state index contributed by atoms with van der Waals surface area (Å²) in [4.78, 5) is 9.49. The number of para-hydroxylation sites is 3. The van der Waals surface area contributed by atoms with Crippen molar-refractivity contribution in [2.24, 2.45) is 0 Å². The quantitative estimate of drug-likeness (QED) is 0.156. The Bertz CT molecular complexity index is 3060. The van der Waals surface area contributed by atoms with Crippen LogP contribution in [0.3, 0.4) is 0 Å². The van der Waals surface area contributed by atoms with Crippen LogP contribution in [0.25, 0.3) is 94.5 Å². The van der Waals surface area contributed by atoms with Gasteiger partial charge in [0.15, 0.2) is 0 Å². The average Bonchev–Trinajstić information content (AvgIpc) is 3.91. The summed E-state index contributed by atoms with van der Waals surface area (Å²) in [6, 6.07) is 74.2. The van der Waals surface area contributed by atoms with Gasteiger partial charge in [0.2, 0.25) is 0 Å². The SMILES string of the molecule is [Ir].[c-]1ccccc1-c1ccccn1.[c-]1oc2ccc(-c3cccc4ccccc34)cc2c1-c1nc2ccccc2n1-c1c(-c2ccccc2)cccc1-c1ccccc1. The molecule has 0 amide bonds. The van der Waals surface area contributed by atoms with Crippen molar-refractivity contribution < 1.29 is 24.5 Å².